The van der Waals surface area contributed by atoms with Gasteiger partial charge in [0, 0.05) is 24.5 Å². The third-order valence-corrected chi connectivity index (χ3v) is 4.91. The van der Waals surface area contributed by atoms with Gasteiger partial charge < -0.3 is 15.1 Å². The van der Waals surface area contributed by atoms with Crippen LogP contribution in [0.1, 0.15) is 28.2 Å². The summed E-state index contributed by atoms with van der Waals surface area (Å²) in [6.45, 7) is 1.79. The molecular weight excluding hydrogens is 419 g/mol. The first-order valence-electron chi connectivity index (χ1n) is 10.2. The van der Waals surface area contributed by atoms with Gasteiger partial charge in [0.1, 0.15) is 5.82 Å². The number of nitrogens with one attached hydrogen (secondary N) is 1. The maximum absolute atomic E-state index is 12.8. The molecule has 0 saturated carbocycles. The molecule has 0 fully saturated rings. The molecule has 0 radical (unpaired) electrons. The zero-order chi connectivity index (χ0) is 23.3. The van der Waals surface area contributed by atoms with Gasteiger partial charge in [-0.15, -0.1) is 0 Å². The van der Waals surface area contributed by atoms with E-state index < -0.39 is 17.6 Å². The van der Waals surface area contributed by atoms with Gasteiger partial charge >= 0.3 is 6.18 Å². The number of hydrogen-bond donors (Lipinski definition) is 1. The topological polar surface area (TPSA) is 61.4 Å². The highest BCUT2D eigenvalue weighted by atomic mass is 19.4. The second-order valence-electron chi connectivity index (χ2n) is 7.83. The Morgan fingerprint density at radius 2 is 1.69 bits per heavy atom. The Balaban J connectivity index is 1.76. The van der Waals surface area contributed by atoms with Crippen molar-refractivity contribution in [3.05, 3.63) is 65.5 Å². The molecule has 3 aromatic rings. The standard InChI is InChI=1S/C23H26F3N5O/c1-30(2)14-6-13-27-21-18-7-4-5-8-19(18)28-20(29-21)15-31(3)22(32)16-9-11-17(12-10-16)23(24,25)26/h4-5,7-12H,6,13-15H2,1-3H3,(H,27,28,29). The van der Waals surface area contributed by atoms with E-state index in [1.165, 1.54) is 17.0 Å². The second kappa shape index (κ2) is 9.95. The van der Waals surface area contributed by atoms with Crippen molar-refractivity contribution in [1.29, 1.82) is 0 Å². The van der Waals surface area contributed by atoms with Crippen LogP contribution in [0.3, 0.4) is 0 Å². The normalized spacial score (nSPS) is 11.7. The van der Waals surface area contributed by atoms with Gasteiger partial charge in [0.15, 0.2) is 5.82 Å². The van der Waals surface area contributed by atoms with Gasteiger partial charge in [0.05, 0.1) is 17.6 Å². The van der Waals surface area contributed by atoms with Crippen LogP contribution in [0.15, 0.2) is 48.5 Å². The third kappa shape index (κ3) is 5.94. The Labute approximate surface area is 185 Å². The summed E-state index contributed by atoms with van der Waals surface area (Å²) in [6.07, 6.45) is -3.50. The van der Waals surface area contributed by atoms with E-state index in [-0.39, 0.29) is 12.1 Å². The second-order valence-corrected chi connectivity index (χ2v) is 7.83. The van der Waals surface area contributed by atoms with Crippen LogP contribution in [0.5, 0.6) is 0 Å². The number of para-hydroxylation sites is 1. The Morgan fingerprint density at radius 1 is 1.00 bits per heavy atom. The lowest BCUT2D eigenvalue weighted by Gasteiger charge is -2.18. The van der Waals surface area contributed by atoms with E-state index in [9.17, 15) is 18.0 Å². The number of amides is 1. The molecule has 0 atom stereocenters. The molecule has 0 unspecified atom stereocenters. The number of halogens is 3. The van der Waals surface area contributed by atoms with Crippen molar-refractivity contribution in [1.82, 2.24) is 19.8 Å². The van der Waals surface area contributed by atoms with E-state index in [4.69, 9.17) is 0 Å². The SMILES string of the molecule is CN(C)CCCNc1nc(CN(C)C(=O)c2ccc(C(F)(F)F)cc2)nc2ccccc12. The zero-order valence-corrected chi connectivity index (χ0v) is 18.3. The van der Waals surface area contributed by atoms with Crippen LogP contribution in [0.25, 0.3) is 10.9 Å². The molecule has 0 aliphatic carbocycles. The molecule has 1 N–H and O–H groups in total. The molecule has 0 aliphatic rings. The smallest absolute Gasteiger partial charge is 0.369 e. The fourth-order valence-corrected chi connectivity index (χ4v) is 3.24. The molecule has 9 heteroatoms. The highest BCUT2D eigenvalue weighted by Gasteiger charge is 2.30. The lowest BCUT2D eigenvalue weighted by Crippen LogP contribution is -2.27. The maximum Gasteiger partial charge on any atom is 0.416 e. The first kappa shape index (κ1) is 23.5. The summed E-state index contributed by atoms with van der Waals surface area (Å²) in [7, 11) is 5.60. The predicted octanol–water partition coefficient (Wildman–Crippen LogP) is 4.28. The minimum Gasteiger partial charge on any atom is -0.369 e. The predicted molar refractivity (Wildman–Crippen MR) is 118 cm³/mol. The molecule has 1 heterocycles. The van der Waals surface area contributed by atoms with E-state index in [1.807, 2.05) is 38.4 Å². The molecule has 0 spiro atoms. The number of carbonyl (C=O) groups excluding carboxylic acids is 1. The number of fused-ring (bicyclic) bond motifs is 1. The fraction of sp³-hybridized carbons (Fsp3) is 0.348. The highest BCUT2D eigenvalue weighted by molar-refractivity contribution is 5.94. The van der Waals surface area contributed by atoms with E-state index in [0.717, 1.165) is 42.5 Å². The van der Waals surface area contributed by atoms with Crippen molar-refractivity contribution in [3.63, 3.8) is 0 Å². The van der Waals surface area contributed by atoms with Gasteiger partial charge in [-0.1, -0.05) is 12.1 Å². The van der Waals surface area contributed by atoms with Crippen LogP contribution in [0.4, 0.5) is 19.0 Å². The average Bonchev–Trinajstić information content (AvgIpc) is 2.75. The summed E-state index contributed by atoms with van der Waals surface area (Å²) in [4.78, 5) is 25.4. The van der Waals surface area contributed by atoms with Crippen molar-refractivity contribution < 1.29 is 18.0 Å². The maximum atomic E-state index is 12.8. The van der Waals surface area contributed by atoms with Crippen molar-refractivity contribution in [2.24, 2.45) is 0 Å². The van der Waals surface area contributed by atoms with E-state index in [0.29, 0.717) is 11.6 Å². The summed E-state index contributed by atoms with van der Waals surface area (Å²) in [5.74, 6) is 0.734. The van der Waals surface area contributed by atoms with Crippen LogP contribution in [-0.4, -0.2) is 59.9 Å². The van der Waals surface area contributed by atoms with E-state index in [1.54, 1.807) is 7.05 Å². The molecule has 0 saturated heterocycles. The number of nitrogens with zero attached hydrogens (tertiary/aromatic N) is 4. The molecule has 1 aromatic heterocycles. The first-order chi connectivity index (χ1) is 15.1. The van der Waals surface area contributed by atoms with Crippen LogP contribution in [-0.2, 0) is 12.7 Å². The minimum atomic E-state index is -4.44. The summed E-state index contributed by atoms with van der Waals surface area (Å²) in [6, 6.07) is 11.8. The molecule has 1 amide bonds. The summed E-state index contributed by atoms with van der Waals surface area (Å²) in [5.41, 5.74) is 0.130. The number of carbonyl (C=O) groups is 1. The number of hydrogen-bond acceptors (Lipinski definition) is 5. The molecule has 0 bridgehead atoms. The summed E-state index contributed by atoms with van der Waals surface area (Å²) < 4.78 is 38.3. The summed E-state index contributed by atoms with van der Waals surface area (Å²) >= 11 is 0. The van der Waals surface area contributed by atoms with Gasteiger partial charge in [0.25, 0.3) is 5.91 Å². The van der Waals surface area contributed by atoms with Crippen molar-refractivity contribution in [2.45, 2.75) is 19.1 Å². The third-order valence-electron chi connectivity index (χ3n) is 4.91. The van der Waals surface area contributed by atoms with Crippen molar-refractivity contribution >= 4 is 22.6 Å². The molecule has 2 aromatic carbocycles. The molecule has 0 aliphatic heterocycles. The van der Waals surface area contributed by atoms with Gasteiger partial charge in [-0.05, 0) is 63.5 Å². The Bertz CT molecular complexity index is 1070. The quantitative estimate of drug-likeness (QED) is 0.525. The number of benzene rings is 2. The summed E-state index contributed by atoms with van der Waals surface area (Å²) in [5, 5.41) is 4.24. The highest BCUT2D eigenvalue weighted by Crippen LogP contribution is 2.29. The largest absolute Gasteiger partial charge is 0.416 e. The Morgan fingerprint density at radius 3 is 2.34 bits per heavy atom. The molecule has 6 nitrogen and oxygen atoms in total. The first-order valence-corrected chi connectivity index (χ1v) is 10.2. The van der Waals surface area contributed by atoms with E-state index in [2.05, 4.69) is 20.2 Å². The average molecular weight is 445 g/mol. The Kier molecular flexibility index (Phi) is 7.29. The van der Waals surface area contributed by atoms with Gasteiger partial charge in [0.2, 0.25) is 0 Å². The van der Waals surface area contributed by atoms with E-state index >= 15 is 0 Å². The van der Waals surface area contributed by atoms with Crippen LogP contribution in [0, 0.1) is 0 Å². The molecule has 3 rings (SSSR count). The van der Waals surface area contributed by atoms with Gasteiger partial charge in [-0.25, -0.2) is 9.97 Å². The fourth-order valence-electron chi connectivity index (χ4n) is 3.24. The Hall–Kier alpha value is -3.20. The molecule has 170 valence electrons. The minimum absolute atomic E-state index is 0.122. The number of aromatic nitrogens is 2. The molecular formula is C23H26F3N5O. The van der Waals surface area contributed by atoms with Crippen LogP contribution < -0.4 is 5.32 Å². The zero-order valence-electron chi connectivity index (χ0n) is 18.3. The van der Waals surface area contributed by atoms with Gasteiger partial charge in [-0.3, -0.25) is 4.79 Å². The van der Waals surface area contributed by atoms with Crippen LogP contribution >= 0.6 is 0 Å². The number of rotatable bonds is 8. The monoisotopic (exact) mass is 445 g/mol. The number of anilines is 1. The van der Waals surface area contributed by atoms with Crippen LogP contribution in [0.2, 0.25) is 0 Å². The molecule has 32 heavy (non-hydrogen) atoms. The number of alkyl halides is 3. The van der Waals surface area contributed by atoms with Gasteiger partial charge in [-0.2, -0.15) is 13.2 Å². The van der Waals surface area contributed by atoms with Crippen molar-refractivity contribution in [3.8, 4) is 0 Å². The lowest BCUT2D eigenvalue weighted by atomic mass is 10.1. The van der Waals surface area contributed by atoms with Crippen molar-refractivity contribution in [2.75, 3.05) is 39.5 Å². The lowest BCUT2D eigenvalue weighted by molar-refractivity contribution is -0.137.